The Bertz CT molecular complexity index is 314. The molecule has 1 spiro atoms. The summed E-state index contributed by atoms with van der Waals surface area (Å²) in [5, 5.41) is 0. The van der Waals surface area contributed by atoms with E-state index in [-0.39, 0.29) is 17.3 Å². The highest BCUT2D eigenvalue weighted by molar-refractivity contribution is 7.99. The van der Waals surface area contributed by atoms with Gasteiger partial charge in [-0.1, -0.05) is 6.92 Å². The number of rotatable bonds is 4. The van der Waals surface area contributed by atoms with Crippen molar-refractivity contribution in [2.24, 2.45) is 5.92 Å². The van der Waals surface area contributed by atoms with Gasteiger partial charge in [-0.3, -0.25) is 4.79 Å². The minimum absolute atomic E-state index is 0.0216. The summed E-state index contributed by atoms with van der Waals surface area (Å²) in [5.74, 6) is 2.71. The van der Waals surface area contributed by atoms with Crippen LogP contribution in [0, 0.1) is 5.92 Å². The maximum atomic E-state index is 12.7. The SMILES string of the molecule is CCC(C)(OC)C(=O)C1CCOC2(CCSCC2)C1. The molecule has 2 aliphatic heterocycles. The topological polar surface area (TPSA) is 35.5 Å². The van der Waals surface area contributed by atoms with Crippen LogP contribution in [-0.2, 0) is 14.3 Å². The zero-order valence-corrected chi connectivity index (χ0v) is 13.2. The standard InChI is InChI=1S/C15H26O3S/c1-4-14(2,17-3)13(16)12-5-8-18-15(11-12)6-9-19-10-7-15/h12H,4-11H2,1-3H3. The molecular weight excluding hydrogens is 260 g/mol. The molecule has 0 aromatic carbocycles. The summed E-state index contributed by atoms with van der Waals surface area (Å²) >= 11 is 2.00. The third kappa shape index (κ3) is 3.17. The molecule has 2 aliphatic rings. The van der Waals surface area contributed by atoms with Gasteiger partial charge in [0.15, 0.2) is 5.78 Å². The van der Waals surface area contributed by atoms with Gasteiger partial charge in [0.25, 0.3) is 0 Å². The zero-order chi connectivity index (χ0) is 13.9. The van der Waals surface area contributed by atoms with Crippen molar-refractivity contribution < 1.29 is 14.3 Å². The van der Waals surface area contributed by atoms with E-state index in [0.29, 0.717) is 0 Å². The quantitative estimate of drug-likeness (QED) is 0.795. The molecule has 2 saturated heterocycles. The molecule has 0 bridgehead atoms. The van der Waals surface area contributed by atoms with E-state index in [0.717, 1.165) is 50.2 Å². The van der Waals surface area contributed by atoms with Crippen molar-refractivity contribution in [3.8, 4) is 0 Å². The molecule has 4 heteroatoms. The van der Waals surface area contributed by atoms with Gasteiger partial charge in [-0.05, 0) is 50.5 Å². The van der Waals surface area contributed by atoms with Crippen LogP contribution in [-0.4, -0.2) is 42.2 Å². The zero-order valence-electron chi connectivity index (χ0n) is 12.4. The lowest BCUT2D eigenvalue weighted by Crippen LogP contribution is -2.49. The van der Waals surface area contributed by atoms with Crippen molar-refractivity contribution in [2.75, 3.05) is 25.2 Å². The Morgan fingerprint density at radius 1 is 1.47 bits per heavy atom. The summed E-state index contributed by atoms with van der Waals surface area (Å²) in [6.07, 6.45) is 4.68. The van der Waals surface area contributed by atoms with Gasteiger partial charge in [-0.15, -0.1) is 0 Å². The lowest BCUT2D eigenvalue weighted by molar-refractivity contribution is -0.156. The van der Waals surface area contributed by atoms with Crippen LogP contribution in [0.1, 0.15) is 46.0 Å². The number of carbonyl (C=O) groups is 1. The highest BCUT2D eigenvalue weighted by Gasteiger charge is 2.45. The van der Waals surface area contributed by atoms with Crippen molar-refractivity contribution in [3.05, 3.63) is 0 Å². The number of ether oxygens (including phenoxy) is 2. The molecule has 0 saturated carbocycles. The summed E-state index contributed by atoms with van der Waals surface area (Å²) in [5.41, 5.74) is -0.640. The van der Waals surface area contributed by atoms with Gasteiger partial charge in [-0.25, -0.2) is 0 Å². The van der Waals surface area contributed by atoms with Gasteiger partial charge in [0.1, 0.15) is 5.60 Å². The second kappa shape index (κ2) is 6.15. The Balaban J connectivity index is 2.06. The highest BCUT2D eigenvalue weighted by Crippen LogP contribution is 2.41. The van der Waals surface area contributed by atoms with E-state index in [1.807, 2.05) is 25.6 Å². The maximum absolute atomic E-state index is 12.7. The Morgan fingerprint density at radius 3 is 2.74 bits per heavy atom. The summed E-state index contributed by atoms with van der Waals surface area (Å²) < 4.78 is 11.5. The van der Waals surface area contributed by atoms with Crippen LogP contribution in [0.3, 0.4) is 0 Å². The average molecular weight is 286 g/mol. The summed E-state index contributed by atoms with van der Waals surface area (Å²) in [4.78, 5) is 12.7. The van der Waals surface area contributed by atoms with Gasteiger partial charge in [0.2, 0.25) is 0 Å². The highest BCUT2D eigenvalue weighted by atomic mass is 32.2. The monoisotopic (exact) mass is 286 g/mol. The van der Waals surface area contributed by atoms with Gasteiger partial charge in [-0.2, -0.15) is 11.8 Å². The second-order valence-electron chi connectivity index (χ2n) is 5.99. The minimum Gasteiger partial charge on any atom is -0.375 e. The molecule has 0 aliphatic carbocycles. The van der Waals surface area contributed by atoms with E-state index >= 15 is 0 Å². The van der Waals surface area contributed by atoms with Crippen LogP contribution in [0.2, 0.25) is 0 Å². The predicted molar refractivity (Wildman–Crippen MR) is 78.7 cm³/mol. The number of Topliss-reactive ketones (excluding diaryl/α,β-unsaturated/α-hetero) is 1. The van der Waals surface area contributed by atoms with E-state index in [4.69, 9.17) is 9.47 Å². The molecule has 19 heavy (non-hydrogen) atoms. The molecule has 2 heterocycles. The Labute approximate surface area is 120 Å². The second-order valence-corrected chi connectivity index (χ2v) is 7.21. The molecule has 0 radical (unpaired) electrons. The molecule has 0 aromatic rings. The first-order valence-electron chi connectivity index (χ1n) is 7.36. The largest absolute Gasteiger partial charge is 0.375 e. The molecule has 0 aromatic heterocycles. The smallest absolute Gasteiger partial charge is 0.167 e. The van der Waals surface area contributed by atoms with E-state index < -0.39 is 5.60 Å². The molecule has 3 nitrogen and oxygen atoms in total. The average Bonchev–Trinajstić information content (AvgIpc) is 2.46. The van der Waals surface area contributed by atoms with E-state index in [9.17, 15) is 4.79 Å². The number of thioether (sulfide) groups is 1. The van der Waals surface area contributed by atoms with Gasteiger partial charge in [0, 0.05) is 19.6 Å². The van der Waals surface area contributed by atoms with Crippen LogP contribution in [0.4, 0.5) is 0 Å². The van der Waals surface area contributed by atoms with Gasteiger partial charge in [0.05, 0.1) is 5.60 Å². The molecule has 110 valence electrons. The number of hydrogen-bond acceptors (Lipinski definition) is 4. The summed E-state index contributed by atoms with van der Waals surface area (Å²) in [6.45, 7) is 4.67. The third-order valence-electron chi connectivity index (χ3n) is 4.91. The minimum atomic E-state index is -0.618. The molecule has 0 amide bonds. The predicted octanol–water partition coefficient (Wildman–Crippen LogP) is 3.06. The first-order chi connectivity index (χ1) is 9.05. The number of methoxy groups -OCH3 is 1. The fourth-order valence-corrected chi connectivity index (χ4v) is 4.43. The molecule has 2 fully saturated rings. The lowest BCUT2D eigenvalue weighted by atomic mass is 9.76. The van der Waals surface area contributed by atoms with Crippen molar-refractivity contribution in [2.45, 2.75) is 57.2 Å². The van der Waals surface area contributed by atoms with Crippen molar-refractivity contribution in [1.29, 1.82) is 0 Å². The molecule has 2 atom stereocenters. The first kappa shape index (κ1) is 15.3. The van der Waals surface area contributed by atoms with Gasteiger partial charge >= 0.3 is 0 Å². The molecular formula is C15H26O3S. The lowest BCUT2D eigenvalue weighted by Gasteiger charge is -2.44. The van der Waals surface area contributed by atoms with E-state index in [2.05, 4.69) is 0 Å². The van der Waals surface area contributed by atoms with Crippen LogP contribution >= 0.6 is 11.8 Å². The fraction of sp³-hybridized carbons (Fsp3) is 0.933. The molecule has 0 N–H and O–H groups in total. The van der Waals surface area contributed by atoms with Crippen LogP contribution in [0.5, 0.6) is 0 Å². The Kier molecular flexibility index (Phi) is 4.96. The van der Waals surface area contributed by atoms with Crippen LogP contribution in [0.25, 0.3) is 0 Å². The molecule has 2 unspecified atom stereocenters. The van der Waals surface area contributed by atoms with Crippen LogP contribution < -0.4 is 0 Å². The number of hydrogen-bond donors (Lipinski definition) is 0. The normalized spacial score (nSPS) is 29.9. The van der Waals surface area contributed by atoms with Crippen molar-refractivity contribution in [1.82, 2.24) is 0 Å². The first-order valence-corrected chi connectivity index (χ1v) is 8.52. The fourth-order valence-electron chi connectivity index (χ4n) is 3.19. The van der Waals surface area contributed by atoms with Crippen LogP contribution in [0.15, 0.2) is 0 Å². The molecule has 2 rings (SSSR count). The van der Waals surface area contributed by atoms with E-state index in [1.54, 1.807) is 7.11 Å². The number of ketones is 1. The summed E-state index contributed by atoms with van der Waals surface area (Å²) in [7, 11) is 1.65. The third-order valence-corrected chi connectivity index (χ3v) is 5.90. The van der Waals surface area contributed by atoms with Gasteiger partial charge < -0.3 is 9.47 Å². The summed E-state index contributed by atoms with van der Waals surface area (Å²) in [6, 6.07) is 0. The van der Waals surface area contributed by atoms with Crippen molar-refractivity contribution >= 4 is 17.5 Å². The van der Waals surface area contributed by atoms with E-state index in [1.165, 1.54) is 0 Å². The Morgan fingerprint density at radius 2 is 2.16 bits per heavy atom. The number of carbonyl (C=O) groups excluding carboxylic acids is 1. The maximum Gasteiger partial charge on any atom is 0.167 e. The Hall–Kier alpha value is -0.0600. The van der Waals surface area contributed by atoms with Crippen molar-refractivity contribution in [3.63, 3.8) is 0 Å².